The van der Waals surface area contributed by atoms with Crippen molar-refractivity contribution in [1.29, 1.82) is 0 Å². The van der Waals surface area contributed by atoms with Crippen LogP contribution in [0.25, 0.3) is 0 Å². The summed E-state index contributed by atoms with van der Waals surface area (Å²) in [6.07, 6.45) is 6.47. The van der Waals surface area contributed by atoms with Crippen molar-refractivity contribution in [2.75, 3.05) is 0 Å². The molecule has 2 rings (SSSR count). The van der Waals surface area contributed by atoms with Gasteiger partial charge in [-0.3, -0.25) is 4.79 Å². The monoisotopic (exact) mass is 310 g/mol. The van der Waals surface area contributed by atoms with Gasteiger partial charge in [0.1, 0.15) is 11.9 Å². The van der Waals surface area contributed by atoms with Gasteiger partial charge in [-0.1, -0.05) is 42.1 Å². The van der Waals surface area contributed by atoms with Crippen LogP contribution in [0.15, 0.2) is 22.7 Å². The first-order chi connectivity index (χ1) is 8.70. The van der Waals surface area contributed by atoms with Crippen molar-refractivity contribution in [2.45, 2.75) is 51.6 Å². The van der Waals surface area contributed by atoms with Crippen LogP contribution in [0.2, 0.25) is 0 Å². The minimum atomic E-state index is 0.0723. The van der Waals surface area contributed by atoms with E-state index in [2.05, 4.69) is 22.9 Å². The van der Waals surface area contributed by atoms with Crippen LogP contribution in [0.1, 0.15) is 55.8 Å². The van der Waals surface area contributed by atoms with Crippen LogP contribution in [0.5, 0.6) is 5.75 Å². The predicted octanol–water partition coefficient (Wildman–Crippen LogP) is 4.75. The zero-order valence-corrected chi connectivity index (χ0v) is 12.3. The highest BCUT2D eigenvalue weighted by molar-refractivity contribution is 9.10. The van der Waals surface area contributed by atoms with Gasteiger partial charge in [-0.15, -0.1) is 0 Å². The van der Waals surface area contributed by atoms with Crippen molar-refractivity contribution in [3.05, 3.63) is 28.2 Å². The summed E-state index contributed by atoms with van der Waals surface area (Å²) in [6.45, 7) is 2.20. The molecule has 0 N–H and O–H groups in total. The Kier molecular flexibility index (Phi) is 4.81. The van der Waals surface area contributed by atoms with Gasteiger partial charge in [0.25, 0.3) is 0 Å². The zero-order valence-electron chi connectivity index (χ0n) is 10.7. The first-order valence-corrected chi connectivity index (χ1v) is 7.49. The average Bonchev–Trinajstić information content (AvgIpc) is 2.36. The molecule has 1 aliphatic rings. The van der Waals surface area contributed by atoms with Crippen LogP contribution >= 0.6 is 15.9 Å². The molecular weight excluding hydrogens is 292 g/mol. The van der Waals surface area contributed by atoms with E-state index < -0.39 is 0 Å². The highest BCUT2D eigenvalue weighted by Gasteiger charge is 2.25. The number of benzene rings is 1. The largest absolute Gasteiger partial charge is 0.489 e. The SMILES string of the molecule is CCCCCCC1CC(=O)c2cc(Br)ccc2O1. The number of ether oxygens (including phenoxy) is 1. The molecule has 3 heteroatoms. The van der Waals surface area contributed by atoms with E-state index in [1.54, 1.807) is 0 Å². The van der Waals surface area contributed by atoms with Gasteiger partial charge < -0.3 is 4.74 Å². The van der Waals surface area contributed by atoms with Crippen LogP contribution in [0, 0.1) is 0 Å². The summed E-state index contributed by atoms with van der Waals surface area (Å²) in [5.41, 5.74) is 0.717. The second-order valence-corrected chi connectivity index (χ2v) is 5.77. The lowest BCUT2D eigenvalue weighted by Crippen LogP contribution is -2.26. The lowest BCUT2D eigenvalue weighted by atomic mass is 9.97. The van der Waals surface area contributed by atoms with E-state index in [1.165, 1.54) is 19.3 Å². The molecule has 0 aromatic heterocycles. The van der Waals surface area contributed by atoms with Crippen molar-refractivity contribution in [2.24, 2.45) is 0 Å². The molecule has 18 heavy (non-hydrogen) atoms. The van der Waals surface area contributed by atoms with Gasteiger partial charge in [0.2, 0.25) is 0 Å². The molecule has 0 aliphatic carbocycles. The van der Waals surface area contributed by atoms with Gasteiger partial charge in [0.15, 0.2) is 5.78 Å². The summed E-state index contributed by atoms with van der Waals surface area (Å²) in [5.74, 6) is 0.952. The minimum absolute atomic E-state index is 0.0723. The predicted molar refractivity (Wildman–Crippen MR) is 76.3 cm³/mol. The number of ketones is 1. The molecule has 1 aromatic rings. The Balaban J connectivity index is 1.96. The molecule has 1 aliphatic heterocycles. The molecular formula is C15H19BrO2. The summed E-state index contributed by atoms with van der Waals surface area (Å²) < 4.78 is 6.83. The molecule has 0 saturated carbocycles. The van der Waals surface area contributed by atoms with Gasteiger partial charge in [-0.25, -0.2) is 0 Å². The molecule has 0 radical (unpaired) electrons. The van der Waals surface area contributed by atoms with Crippen LogP contribution in [0.3, 0.4) is 0 Å². The molecule has 1 heterocycles. The fourth-order valence-electron chi connectivity index (χ4n) is 2.32. The van der Waals surface area contributed by atoms with Gasteiger partial charge in [0, 0.05) is 10.9 Å². The lowest BCUT2D eigenvalue weighted by molar-refractivity contribution is 0.0835. The van der Waals surface area contributed by atoms with Crippen molar-refractivity contribution in [1.82, 2.24) is 0 Å². The molecule has 0 amide bonds. The second kappa shape index (κ2) is 6.37. The molecule has 1 atom stereocenters. The van der Waals surface area contributed by atoms with E-state index in [1.807, 2.05) is 18.2 Å². The smallest absolute Gasteiger partial charge is 0.170 e. The summed E-state index contributed by atoms with van der Waals surface area (Å²) >= 11 is 3.38. The van der Waals surface area contributed by atoms with Crippen LogP contribution in [-0.2, 0) is 0 Å². The number of Topliss-reactive ketones (excluding diaryl/α,β-unsaturated/α-hetero) is 1. The molecule has 1 unspecified atom stereocenters. The summed E-state index contributed by atoms with van der Waals surface area (Å²) in [7, 11) is 0. The Morgan fingerprint density at radius 1 is 1.33 bits per heavy atom. The van der Waals surface area contributed by atoms with Gasteiger partial charge >= 0.3 is 0 Å². The third-order valence-corrected chi connectivity index (χ3v) is 3.82. The standard InChI is InChI=1S/C15H19BrO2/c1-2-3-4-5-6-12-10-14(17)13-9-11(16)7-8-15(13)18-12/h7-9,12H,2-6,10H2,1H3. The second-order valence-electron chi connectivity index (χ2n) is 4.86. The number of unbranched alkanes of at least 4 members (excludes halogenated alkanes) is 3. The Morgan fingerprint density at radius 2 is 2.17 bits per heavy atom. The zero-order chi connectivity index (χ0) is 13.0. The maximum atomic E-state index is 12.0. The van der Waals surface area contributed by atoms with Gasteiger partial charge in [-0.05, 0) is 31.0 Å². The normalized spacial score (nSPS) is 18.3. The van der Waals surface area contributed by atoms with E-state index in [0.29, 0.717) is 12.0 Å². The minimum Gasteiger partial charge on any atom is -0.489 e. The van der Waals surface area contributed by atoms with Crippen LogP contribution in [0.4, 0.5) is 0 Å². The van der Waals surface area contributed by atoms with Crippen molar-refractivity contribution >= 4 is 21.7 Å². The highest BCUT2D eigenvalue weighted by Crippen LogP contribution is 2.31. The Labute approximate surface area is 117 Å². The van der Waals surface area contributed by atoms with E-state index >= 15 is 0 Å². The first-order valence-electron chi connectivity index (χ1n) is 6.70. The maximum Gasteiger partial charge on any atom is 0.170 e. The molecule has 2 nitrogen and oxygen atoms in total. The Morgan fingerprint density at radius 3 is 2.94 bits per heavy atom. The number of hydrogen-bond acceptors (Lipinski definition) is 2. The van der Waals surface area contributed by atoms with E-state index in [4.69, 9.17) is 4.74 Å². The number of rotatable bonds is 5. The van der Waals surface area contributed by atoms with Crippen LogP contribution in [-0.4, -0.2) is 11.9 Å². The highest BCUT2D eigenvalue weighted by atomic mass is 79.9. The molecule has 98 valence electrons. The molecule has 1 aromatic carbocycles. The summed E-state index contributed by atoms with van der Waals surface area (Å²) in [5, 5.41) is 0. The van der Waals surface area contributed by atoms with Gasteiger partial charge in [-0.2, -0.15) is 0 Å². The number of carbonyl (C=O) groups excluding carboxylic acids is 1. The van der Waals surface area contributed by atoms with Crippen molar-refractivity contribution in [3.63, 3.8) is 0 Å². The van der Waals surface area contributed by atoms with Gasteiger partial charge in [0.05, 0.1) is 5.56 Å². The van der Waals surface area contributed by atoms with Crippen molar-refractivity contribution < 1.29 is 9.53 Å². The van der Waals surface area contributed by atoms with Crippen LogP contribution < -0.4 is 4.74 Å². The van der Waals surface area contributed by atoms with E-state index in [9.17, 15) is 4.79 Å². The number of halogens is 1. The van der Waals surface area contributed by atoms with E-state index in [-0.39, 0.29) is 11.9 Å². The average molecular weight is 311 g/mol. The van der Waals surface area contributed by atoms with Crippen molar-refractivity contribution in [3.8, 4) is 5.75 Å². The Hall–Kier alpha value is -0.830. The number of fused-ring (bicyclic) bond motifs is 1. The molecule has 0 spiro atoms. The Bertz CT molecular complexity index is 429. The maximum absolute atomic E-state index is 12.0. The molecule has 0 fully saturated rings. The lowest BCUT2D eigenvalue weighted by Gasteiger charge is -2.25. The third kappa shape index (κ3) is 3.35. The quantitative estimate of drug-likeness (QED) is 0.733. The first kappa shape index (κ1) is 13.6. The fraction of sp³-hybridized carbons (Fsp3) is 0.533. The summed E-state index contributed by atoms with van der Waals surface area (Å²) in [4.78, 5) is 12.0. The number of carbonyl (C=O) groups is 1. The third-order valence-electron chi connectivity index (χ3n) is 3.33. The fourth-order valence-corrected chi connectivity index (χ4v) is 2.68. The van der Waals surface area contributed by atoms with E-state index in [0.717, 1.165) is 23.1 Å². The molecule has 0 saturated heterocycles. The topological polar surface area (TPSA) is 26.3 Å². The number of hydrogen-bond donors (Lipinski definition) is 0. The summed E-state index contributed by atoms with van der Waals surface area (Å²) in [6, 6.07) is 5.66. The molecule has 0 bridgehead atoms.